The van der Waals surface area contributed by atoms with E-state index in [1.54, 1.807) is 17.4 Å². The summed E-state index contributed by atoms with van der Waals surface area (Å²) in [6, 6.07) is 11.8. The summed E-state index contributed by atoms with van der Waals surface area (Å²) >= 11 is 1.76. The van der Waals surface area contributed by atoms with Crippen molar-refractivity contribution < 1.29 is 4.39 Å². The molecule has 1 aliphatic rings. The van der Waals surface area contributed by atoms with Crippen molar-refractivity contribution in [1.82, 2.24) is 30.5 Å². The number of tetrazole rings is 1. The largest absolute Gasteiger partial charge is 0.368 e. The molecule has 166 valence electrons. The van der Waals surface area contributed by atoms with Gasteiger partial charge >= 0.3 is 0 Å². The highest BCUT2D eigenvalue weighted by Gasteiger charge is 2.24. The summed E-state index contributed by atoms with van der Waals surface area (Å²) in [6.07, 6.45) is 0.697. The molecule has 2 aromatic heterocycles. The molecule has 1 aliphatic heterocycles. The van der Waals surface area contributed by atoms with Crippen molar-refractivity contribution in [1.29, 1.82) is 0 Å². The maximum atomic E-state index is 14.8. The molecule has 1 saturated heterocycles. The number of para-hydroxylation sites is 1. The van der Waals surface area contributed by atoms with Gasteiger partial charge in [0.2, 0.25) is 5.82 Å². The Balaban J connectivity index is 1.34. The third kappa shape index (κ3) is 4.35. The lowest BCUT2D eigenvalue weighted by Gasteiger charge is -2.36. The highest BCUT2D eigenvalue weighted by molar-refractivity contribution is 7.18. The zero-order valence-corrected chi connectivity index (χ0v) is 19.1. The first-order valence-electron chi connectivity index (χ1n) is 10.9. The molecule has 4 aromatic rings. The van der Waals surface area contributed by atoms with Crippen LogP contribution in [-0.2, 0) is 13.0 Å². The van der Waals surface area contributed by atoms with Gasteiger partial charge in [-0.1, -0.05) is 26.0 Å². The van der Waals surface area contributed by atoms with Crippen molar-refractivity contribution in [2.75, 3.05) is 31.1 Å². The minimum absolute atomic E-state index is 0.211. The summed E-state index contributed by atoms with van der Waals surface area (Å²) in [5, 5.41) is 15.5. The molecule has 0 aliphatic carbocycles. The van der Waals surface area contributed by atoms with Gasteiger partial charge in [0.1, 0.15) is 10.8 Å². The van der Waals surface area contributed by atoms with Gasteiger partial charge < -0.3 is 4.90 Å². The number of hydrogen-bond acceptors (Lipinski definition) is 7. The first-order valence-corrected chi connectivity index (χ1v) is 11.8. The quantitative estimate of drug-likeness (QED) is 0.475. The molecular weight excluding hydrogens is 425 g/mol. The lowest BCUT2D eigenvalue weighted by molar-refractivity contribution is 0.249. The van der Waals surface area contributed by atoms with Gasteiger partial charge in [-0.25, -0.2) is 9.37 Å². The van der Waals surface area contributed by atoms with E-state index >= 15 is 0 Å². The summed E-state index contributed by atoms with van der Waals surface area (Å²) < 4.78 is 16.1. The first kappa shape index (κ1) is 21.0. The predicted molar refractivity (Wildman–Crippen MR) is 125 cm³/mol. The van der Waals surface area contributed by atoms with Gasteiger partial charge in [-0.05, 0) is 47.4 Å². The van der Waals surface area contributed by atoms with E-state index in [0.717, 1.165) is 54.5 Å². The Labute approximate surface area is 190 Å². The summed E-state index contributed by atoms with van der Waals surface area (Å²) in [5.74, 6) is 0.586. The van der Waals surface area contributed by atoms with Crippen molar-refractivity contribution in [3.63, 3.8) is 0 Å². The van der Waals surface area contributed by atoms with Gasteiger partial charge in [-0.15, -0.1) is 21.5 Å². The number of aromatic nitrogens is 5. The maximum absolute atomic E-state index is 14.8. The normalized spacial score (nSPS) is 15.2. The molecule has 1 fully saturated rings. The zero-order chi connectivity index (χ0) is 22.1. The number of aromatic amines is 1. The molecule has 7 nitrogen and oxygen atoms in total. The average Bonchev–Trinajstić information content (AvgIpc) is 3.45. The number of rotatable bonds is 6. The molecule has 3 heterocycles. The maximum Gasteiger partial charge on any atom is 0.206 e. The van der Waals surface area contributed by atoms with E-state index in [2.05, 4.69) is 62.5 Å². The van der Waals surface area contributed by atoms with Gasteiger partial charge in [0, 0.05) is 37.4 Å². The standard InChI is InChI=1S/C23H26FN7S/c1-15(2)11-16-12-20(17(13-18(16)24)23-26-28-29-27-23)31-9-7-30(8-10-31)14-22-25-19-5-3-4-6-21(19)32-22/h3-6,12-13,15H,7-11,14H2,1-2H3,(H,26,27,28,29). The number of H-pyrrole nitrogens is 1. The Bertz CT molecular complexity index is 1160. The van der Waals surface area contributed by atoms with E-state index in [1.807, 2.05) is 12.1 Å². The fourth-order valence-corrected chi connectivity index (χ4v) is 5.25. The highest BCUT2D eigenvalue weighted by atomic mass is 32.1. The molecule has 32 heavy (non-hydrogen) atoms. The van der Waals surface area contributed by atoms with Gasteiger partial charge in [0.05, 0.1) is 16.8 Å². The highest BCUT2D eigenvalue weighted by Crippen LogP contribution is 2.33. The van der Waals surface area contributed by atoms with E-state index < -0.39 is 0 Å². The molecule has 0 radical (unpaired) electrons. The van der Waals surface area contributed by atoms with Crippen molar-refractivity contribution in [2.45, 2.75) is 26.8 Å². The van der Waals surface area contributed by atoms with Crippen LogP contribution in [0.5, 0.6) is 0 Å². The Kier molecular flexibility index (Phi) is 5.84. The monoisotopic (exact) mass is 451 g/mol. The van der Waals surface area contributed by atoms with Gasteiger partial charge in [0.25, 0.3) is 0 Å². The number of nitrogens with one attached hydrogen (secondary N) is 1. The summed E-state index contributed by atoms with van der Waals surface area (Å²) in [5.41, 5.74) is 3.46. The predicted octanol–water partition coefficient (Wildman–Crippen LogP) is 4.14. The fourth-order valence-electron chi connectivity index (χ4n) is 4.24. The summed E-state index contributed by atoms with van der Waals surface area (Å²) in [6.45, 7) is 8.59. The molecule has 0 saturated carbocycles. The molecular formula is C23H26FN7S. The molecule has 0 atom stereocenters. The molecule has 0 unspecified atom stereocenters. The van der Waals surface area contributed by atoms with E-state index in [-0.39, 0.29) is 5.82 Å². The smallest absolute Gasteiger partial charge is 0.206 e. The molecule has 5 rings (SSSR count). The van der Waals surface area contributed by atoms with E-state index in [1.165, 1.54) is 4.70 Å². The Morgan fingerprint density at radius 3 is 2.66 bits per heavy atom. The van der Waals surface area contributed by atoms with Crippen LogP contribution in [0.2, 0.25) is 0 Å². The number of fused-ring (bicyclic) bond motifs is 1. The van der Waals surface area contributed by atoms with Crippen LogP contribution in [0.1, 0.15) is 24.4 Å². The van der Waals surface area contributed by atoms with Crippen LogP contribution < -0.4 is 4.90 Å². The van der Waals surface area contributed by atoms with Crippen LogP contribution in [0, 0.1) is 11.7 Å². The second-order valence-corrected chi connectivity index (χ2v) is 9.75. The number of piperazine rings is 1. The molecule has 2 aromatic carbocycles. The van der Waals surface area contributed by atoms with Crippen LogP contribution in [0.15, 0.2) is 36.4 Å². The third-order valence-electron chi connectivity index (χ3n) is 5.79. The van der Waals surface area contributed by atoms with Crippen LogP contribution in [-0.4, -0.2) is 56.7 Å². The van der Waals surface area contributed by atoms with Gasteiger partial charge in [-0.2, -0.15) is 5.21 Å². The van der Waals surface area contributed by atoms with Crippen molar-refractivity contribution in [2.24, 2.45) is 5.92 Å². The molecule has 0 bridgehead atoms. The Morgan fingerprint density at radius 2 is 1.94 bits per heavy atom. The second kappa shape index (κ2) is 8.91. The molecule has 0 amide bonds. The minimum atomic E-state index is -0.211. The van der Waals surface area contributed by atoms with E-state index in [4.69, 9.17) is 4.98 Å². The number of thiazole rings is 1. The SMILES string of the molecule is CC(C)Cc1cc(N2CCN(Cc3nc4ccccc4s3)CC2)c(-c2nn[nH]n2)cc1F. The average molecular weight is 452 g/mol. The lowest BCUT2D eigenvalue weighted by Crippen LogP contribution is -2.46. The lowest BCUT2D eigenvalue weighted by atomic mass is 9.98. The molecule has 0 spiro atoms. The van der Waals surface area contributed by atoms with Gasteiger partial charge in [-0.3, -0.25) is 4.90 Å². The third-order valence-corrected chi connectivity index (χ3v) is 6.81. The fraction of sp³-hybridized carbons (Fsp3) is 0.391. The van der Waals surface area contributed by atoms with E-state index in [9.17, 15) is 4.39 Å². The Morgan fingerprint density at radius 1 is 1.12 bits per heavy atom. The number of halogens is 1. The van der Waals surface area contributed by atoms with Crippen molar-refractivity contribution in [3.05, 3.63) is 52.8 Å². The van der Waals surface area contributed by atoms with E-state index in [0.29, 0.717) is 23.7 Å². The van der Waals surface area contributed by atoms with Crippen LogP contribution in [0.3, 0.4) is 0 Å². The van der Waals surface area contributed by atoms with Crippen LogP contribution in [0.25, 0.3) is 21.6 Å². The van der Waals surface area contributed by atoms with Crippen molar-refractivity contribution in [3.8, 4) is 11.4 Å². The first-order chi connectivity index (χ1) is 15.6. The minimum Gasteiger partial charge on any atom is -0.368 e. The number of hydrogen-bond donors (Lipinski definition) is 1. The number of benzene rings is 2. The topological polar surface area (TPSA) is 73.8 Å². The van der Waals surface area contributed by atoms with Crippen molar-refractivity contribution >= 4 is 27.2 Å². The van der Waals surface area contributed by atoms with Crippen LogP contribution in [0.4, 0.5) is 10.1 Å². The zero-order valence-electron chi connectivity index (χ0n) is 18.3. The molecule has 9 heteroatoms. The summed E-state index contributed by atoms with van der Waals surface area (Å²) in [4.78, 5) is 9.52. The number of nitrogens with zero attached hydrogens (tertiary/aromatic N) is 6. The van der Waals surface area contributed by atoms with Crippen LogP contribution >= 0.6 is 11.3 Å². The second-order valence-electron chi connectivity index (χ2n) is 8.63. The molecule has 1 N–H and O–H groups in total. The number of anilines is 1. The summed E-state index contributed by atoms with van der Waals surface area (Å²) in [7, 11) is 0. The Hall–Kier alpha value is -2.91. The van der Waals surface area contributed by atoms with Gasteiger partial charge in [0.15, 0.2) is 0 Å².